The van der Waals surface area contributed by atoms with Crippen molar-refractivity contribution < 1.29 is 9.53 Å². The van der Waals surface area contributed by atoms with E-state index in [0.717, 1.165) is 5.56 Å². The number of hydrogen-bond donors (Lipinski definition) is 2. The summed E-state index contributed by atoms with van der Waals surface area (Å²) in [6, 6.07) is 11.9. The van der Waals surface area contributed by atoms with Crippen LogP contribution in [0.3, 0.4) is 0 Å². The average molecular weight is 311 g/mol. The van der Waals surface area contributed by atoms with E-state index in [1.54, 1.807) is 36.4 Å². The van der Waals surface area contributed by atoms with Gasteiger partial charge in [-0.2, -0.15) is 0 Å². The summed E-state index contributed by atoms with van der Waals surface area (Å²) in [5, 5.41) is 1.02. The van der Waals surface area contributed by atoms with Crippen LogP contribution in [-0.4, -0.2) is 5.91 Å². The number of hydrazine groups is 1. The summed E-state index contributed by atoms with van der Waals surface area (Å²) >= 11 is 11.9. The van der Waals surface area contributed by atoms with Crippen LogP contribution in [0.5, 0.6) is 5.75 Å². The predicted molar refractivity (Wildman–Crippen MR) is 78.9 cm³/mol. The highest BCUT2D eigenvalue weighted by molar-refractivity contribution is 6.34. The largest absolute Gasteiger partial charge is 0.487 e. The van der Waals surface area contributed by atoms with E-state index in [-0.39, 0.29) is 12.5 Å². The van der Waals surface area contributed by atoms with Crippen LogP contribution in [0, 0.1) is 0 Å². The highest BCUT2D eigenvalue weighted by Gasteiger charge is 2.06. The Morgan fingerprint density at radius 1 is 1.20 bits per heavy atom. The lowest BCUT2D eigenvalue weighted by Gasteiger charge is -2.09. The summed E-state index contributed by atoms with van der Waals surface area (Å²) in [7, 11) is 0. The van der Waals surface area contributed by atoms with E-state index < -0.39 is 0 Å². The third-order valence-electron chi connectivity index (χ3n) is 2.61. The molecule has 0 bridgehead atoms. The van der Waals surface area contributed by atoms with Gasteiger partial charge in [0.2, 0.25) is 0 Å². The number of benzene rings is 2. The number of halogens is 2. The Morgan fingerprint density at radius 2 is 2.00 bits per heavy atom. The quantitative estimate of drug-likeness (QED) is 0.518. The summed E-state index contributed by atoms with van der Waals surface area (Å²) in [5.41, 5.74) is 3.37. The van der Waals surface area contributed by atoms with Crippen molar-refractivity contribution in [3.05, 3.63) is 63.6 Å². The highest BCUT2D eigenvalue weighted by Crippen LogP contribution is 2.28. The van der Waals surface area contributed by atoms with Gasteiger partial charge in [-0.1, -0.05) is 35.3 Å². The van der Waals surface area contributed by atoms with E-state index in [9.17, 15) is 4.79 Å². The minimum Gasteiger partial charge on any atom is -0.487 e. The zero-order valence-corrected chi connectivity index (χ0v) is 11.9. The smallest absolute Gasteiger partial charge is 0.265 e. The Labute approximate surface area is 126 Å². The first kappa shape index (κ1) is 14.7. The predicted octanol–water partition coefficient (Wildman–Crippen LogP) is 3.18. The van der Waals surface area contributed by atoms with Crippen molar-refractivity contribution in [3.8, 4) is 5.75 Å². The van der Waals surface area contributed by atoms with Crippen molar-refractivity contribution in [1.82, 2.24) is 5.43 Å². The van der Waals surface area contributed by atoms with Crippen molar-refractivity contribution in [2.45, 2.75) is 6.61 Å². The molecule has 0 aliphatic rings. The number of nitrogen functional groups attached to an aromatic ring is 1. The van der Waals surface area contributed by atoms with Gasteiger partial charge in [0.05, 0.1) is 5.02 Å². The topological polar surface area (TPSA) is 64.3 Å². The van der Waals surface area contributed by atoms with Crippen molar-refractivity contribution in [3.63, 3.8) is 0 Å². The summed E-state index contributed by atoms with van der Waals surface area (Å²) in [6.45, 7) is 0.270. The number of carbonyl (C=O) groups excluding carboxylic acids is 1. The molecular formula is C14H12Cl2N2O2. The van der Waals surface area contributed by atoms with E-state index in [4.69, 9.17) is 33.8 Å². The zero-order valence-electron chi connectivity index (χ0n) is 10.4. The summed E-state index contributed by atoms with van der Waals surface area (Å²) in [5.74, 6) is 5.23. The molecule has 20 heavy (non-hydrogen) atoms. The van der Waals surface area contributed by atoms with Gasteiger partial charge in [0.15, 0.2) is 0 Å². The molecule has 0 heterocycles. The summed E-state index contributed by atoms with van der Waals surface area (Å²) in [6.07, 6.45) is 0. The molecule has 2 rings (SSSR count). The second-order valence-electron chi connectivity index (χ2n) is 4.04. The number of carbonyl (C=O) groups is 1. The van der Waals surface area contributed by atoms with E-state index in [2.05, 4.69) is 5.43 Å². The monoisotopic (exact) mass is 310 g/mol. The van der Waals surface area contributed by atoms with Crippen LogP contribution >= 0.6 is 23.2 Å². The number of rotatable bonds is 4. The number of hydrogen-bond acceptors (Lipinski definition) is 3. The fourth-order valence-corrected chi connectivity index (χ4v) is 1.97. The van der Waals surface area contributed by atoms with E-state index >= 15 is 0 Å². The minimum atomic E-state index is -0.354. The molecule has 3 N–H and O–H groups in total. The number of ether oxygens (including phenoxy) is 1. The number of amides is 1. The molecule has 0 aromatic heterocycles. The van der Waals surface area contributed by atoms with Crippen LogP contribution in [0.2, 0.25) is 10.0 Å². The SMILES string of the molecule is NNC(=O)c1cccc(COc2cc(Cl)ccc2Cl)c1. The van der Waals surface area contributed by atoms with Crippen LogP contribution in [0.1, 0.15) is 15.9 Å². The Kier molecular flexibility index (Phi) is 4.84. The molecule has 1 amide bonds. The van der Waals surface area contributed by atoms with Gasteiger partial charge in [-0.05, 0) is 29.8 Å². The summed E-state index contributed by atoms with van der Waals surface area (Å²) < 4.78 is 5.59. The molecule has 0 saturated heterocycles. The first-order valence-electron chi connectivity index (χ1n) is 5.78. The Bertz CT molecular complexity index is 632. The highest BCUT2D eigenvalue weighted by atomic mass is 35.5. The zero-order chi connectivity index (χ0) is 14.5. The third kappa shape index (κ3) is 3.63. The van der Waals surface area contributed by atoms with Crippen molar-refractivity contribution in [1.29, 1.82) is 0 Å². The first-order valence-corrected chi connectivity index (χ1v) is 6.53. The van der Waals surface area contributed by atoms with Gasteiger partial charge in [0.1, 0.15) is 12.4 Å². The Hall–Kier alpha value is -1.75. The van der Waals surface area contributed by atoms with Crippen LogP contribution in [0.15, 0.2) is 42.5 Å². The fourth-order valence-electron chi connectivity index (χ4n) is 1.63. The van der Waals surface area contributed by atoms with Gasteiger partial charge in [0.25, 0.3) is 5.91 Å². The summed E-state index contributed by atoms with van der Waals surface area (Å²) in [4.78, 5) is 11.4. The van der Waals surface area contributed by atoms with Crippen LogP contribution < -0.4 is 16.0 Å². The van der Waals surface area contributed by atoms with Crippen LogP contribution in [-0.2, 0) is 6.61 Å². The number of nitrogens with two attached hydrogens (primary N) is 1. The Balaban J connectivity index is 2.11. The second-order valence-corrected chi connectivity index (χ2v) is 4.88. The molecule has 2 aromatic rings. The van der Waals surface area contributed by atoms with Gasteiger partial charge in [-0.15, -0.1) is 0 Å². The van der Waals surface area contributed by atoms with Gasteiger partial charge in [-0.25, -0.2) is 5.84 Å². The molecule has 0 spiro atoms. The molecule has 0 saturated carbocycles. The van der Waals surface area contributed by atoms with Crippen molar-refractivity contribution in [2.24, 2.45) is 5.84 Å². The molecule has 0 aliphatic heterocycles. The molecule has 104 valence electrons. The van der Waals surface area contributed by atoms with Crippen LogP contribution in [0.4, 0.5) is 0 Å². The van der Waals surface area contributed by atoms with E-state index in [1.165, 1.54) is 0 Å². The third-order valence-corrected chi connectivity index (χ3v) is 3.16. The van der Waals surface area contributed by atoms with Gasteiger partial charge >= 0.3 is 0 Å². The second kappa shape index (κ2) is 6.61. The average Bonchev–Trinajstić information content (AvgIpc) is 2.47. The normalized spacial score (nSPS) is 10.2. The standard InChI is InChI=1S/C14H12Cl2N2O2/c15-11-4-5-12(16)13(7-11)20-8-9-2-1-3-10(6-9)14(19)18-17/h1-7H,8,17H2,(H,18,19). The molecule has 4 nitrogen and oxygen atoms in total. The Morgan fingerprint density at radius 3 is 2.75 bits per heavy atom. The fraction of sp³-hybridized carbons (Fsp3) is 0.0714. The lowest BCUT2D eigenvalue weighted by molar-refractivity contribution is 0.0953. The van der Waals surface area contributed by atoms with Crippen molar-refractivity contribution in [2.75, 3.05) is 0 Å². The minimum absolute atomic E-state index is 0.270. The molecule has 0 radical (unpaired) electrons. The van der Waals surface area contributed by atoms with E-state index in [1.807, 2.05) is 6.07 Å². The molecular weight excluding hydrogens is 299 g/mol. The van der Waals surface area contributed by atoms with E-state index in [0.29, 0.717) is 21.4 Å². The van der Waals surface area contributed by atoms with Gasteiger partial charge in [0, 0.05) is 16.7 Å². The molecule has 0 unspecified atom stereocenters. The van der Waals surface area contributed by atoms with Crippen molar-refractivity contribution >= 4 is 29.1 Å². The lowest BCUT2D eigenvalue weighted by Crippen LogP contribution is -2.30. The maximum absolute atomic E-state index is 11.4. The van der Waals surface area contributed by atoms with Gasteiger partial charge in [-0.3, -0.25) is 10.2 Å². The number of nitrogens with one attached hydrogen (secondary N) is 1. The lowest BCUT2D eigenvalue weighted by atomic mass is 10.1. The maximum Gasteiger partial charge on any atom is 0.265 e. The molecule has 0 atom stereocenters. The molecule has 0 fully saturated rings. The maximum atomic E-state index is 11.4. The molecule has 0 aliphatic carbocycles. The molecule has 2 aromatic carbocycles. The first-order chi connectivity index (χ1) is 9.60. The van der Waals surface area contributed by atoms with Crippen LogP contribution in [0.25, 0.3) is 0 Å². The van der Waals surface area contributed by atoms with Gasteiger partial charge < -0.3 is 4.74 Å². The molecule has 6 heteroatoms.